The number of aromatic nitrogens is 1. The first kappa shape index (κ1) is 13.2. The standard InChI is InChI=1S/C13H12ClN3O2/c1-19-10-5-3-2-4-9(10)16-13(18)8-6-11(14)17-12(15)7-8/h2-7H,1H3,(H2,15,17)(H,16,18). The number of carbonyl (C=O) groups excluding carboxylic acids is 1. The summed E-state index contributed by atoms with van der Waals surface area (Å²) in [5.74, 6) is 0.433. The normalized spacial score (nSPS) is 10.0. The van der Waals surface area contributed by atoms with Gasteiger partial charge >= 0.3 is 0 Å². The largest absolute Gasteiger partial charge is 0.495 e. The number of nitrogens with one attached hydrogen (secondary N) is 1. The molecule has 2 aromatic rings. The van der Waals surface area contributed by atoms with Gasteiger partial charge in [0.25, 0.3) is 5.91 Å². The maximum Gasteiger partial charge on any atom is 0.256 e. The zero-order valence-electron chi connectivity index (χ0n) is 10.2. The van der Waals surface area contributed by atoms with Crippen LogP contribution in [0, 0.1) is 0 Å². The third kappa shape index (κ3) is 3.14. The van der Waals surface area contributed by atoms with Gasteiger partial charge in [-0.15, -0.1) is 0 Å². The van der Waals surface area contributed by atoms with Crippen LogP contribution < -0.4 is 15.8 Å². The molecule has 3 N–H and O–H groups in total. The van der Waals surface area contributed by atoms with Gasteiger partial charge < -0.3 is 15.8 Å². The monoisotopic (exact) mass is 277 g/mol. The van der Waals surface area contributed by atoms with E-state index < -0.39 is 0 Å². The second kappa shape index (κ2) is 5.58. The van der Waals surface area contributed by atoms with Crippen LogP contribution in [0.1, 0.15) is 10.4 Å². The molecular formula is C13H12ClN3O2. The van der Waals surface area contributed by atoms with Crippen molar-refractivity contribution in [1.29, 1.82) is 0 Å². The number of para-hydroxylation sites is 2. The molecule has 0 atom stereocenters. The molecule has 0 radical (unpaired) electrons. The van der Waals surface area contributed by atoms with E-state index in [1.54, 1.807) is 18.2 Å². The number of methoxy groups -OCH3 is 1. The Labute approximate surface area is 115 Å². The van der Waals surface area contributed by atoms with Crippen molar-refractivity contribution in [3.05, 3.63) is 47.1 Å². The molecule has 1 heterocycles. The minimum Gasteiger partial charge on any atom is -0.495 e. The highest BCUT2D eigenvalue weighted by Gasteiger charge is 2.11. The van der Waals surface area contributed by atoms with Gasteiger partial charge in [-0.3, -0.25) is 4.79 Å². The van der Waals surface area contributed by atoms with E-state index in [0.29, 0.717) is 17.0 Å². The van der Waals surface area contributed by atoms with E-state index in [1.807, 2.05) is 6.07 Å². The molecule has 0 aliphatic carbocycles. The molecule has 0 fully saturated rings. The Kier molecular flexibility index (Phi) is 3.87. The fourth-order valence-corrected chi connectivity index (χ4v) is 1.81. The first-order valence-corrected chi connectivity index (χ1v) is 5.85. The van der Waals surface area contributed by atoms with Gasteiger partial charge in [0.05, 0.1) is 12.8 Å². The Morgan fingerprint density at radius 2 is 2.11 bits per heavy atom. The third-order valence-corrected chi connectivity index (χ3v) is 2.62. The third-order valence-electron chi connectivity index (χ3n) is 2.43. The number of anilines is 2. The van der Waals surface area contributed by atoms with Crippen LogP contribution in [0.3, 0.4) is 0 Å². The summed E-state index contributed by atoms with van der Waals surface area (Å²) in [6.07, 6.45) is 0. The molecule has 1 aromatic carbocycles. The van der Waals surface area contributed by atoms with Crippen molar-refractivity contribution in [3.63, 3.8) is 0 Å². The van der Waals surface area contributed by atoms with E-state index in [4.69, 9.17) is 22.1 Å². The van der Waals surface area contributed by atoms with Gasteiger partial charge in [0.2, 0.25) is 0 Å². The maximum atomic E-state index is 12.1. The van der Waals surface area contributed by atoms with E-state index in [0.717, 1.165) is 0 Å². The summed E-state index contributed by atoms with van der Waals surface area (Å²) in [5, 5.41) is 2.90. The first-order chi connectivity index (χ1) is 9.10. The zero-order valence-corrected chi connectivity index (χ0v) is 10.9. The van der Waals surface area contributed by atoms with E-state index in [1.165, 1.54) is 19.2 Å². The number of ether oxygens (including phenoxy) is 1. The number of halogens is 1. The second-order valence-electron chi connectivity index (χ2n) is 3.76. The summed E-state index contributed by atoms with van der Waals surface area (Å²) in [4.78, 5) is 15.9. The van der Waals surface area contributed by atoms with Crippen molar-refractivity contribution in [3.8, 4) is 5.75 Å². The number of amides is 1. The lowest BCUT2D eigenvalue weighted by molar-refractivity contribution is 0.102. The number of hydrogen-bond acceptors (Lipinski definition) is 4. The average Bonchev–Trinajstić information content (AvgIpc) is 2.38. The van der Waals surface area contributed by atoms with Gasteiger partial charge in [0.15, 0.2) is 0 Å². The van der Waals surface area contributed by atoms with E-state index >= 15 is 0 Å². The lowest BCUT2D eigenvalue weighted by atomic mass is 10.2. The molecule has 19 heavy (non-hydrogen) atoms. The number of nitrogens with two attached hydrogens (primary N) is 1. The van der Waals surface area contributed by atoms with Crippen molar-refractivity contribution in [2.75, 3.05) is 18.2 Å². The second-order valence-corrected chi connectivity index (χ2v) is 4.15. The Morgan fingerprint density at radius 3 is 2.79 bits per heavy atom. The van der Waals surface area contributed by atoms with Crippen LogP contribution in [0.4, 0.5) is 11.5 Å². The number of hydrogen-bond donors (Lipinski definition) is 2. The molecule has 98 valence electrons. The van der Waals surface area contributed by atoms with Gasteiger partial charge in [0.1, 0.15) is 16.7 Å². The van der Waals surface area contributed by atoms with Crippen molar-refractivity contribution >= 4 is 29.0 Å². The molecule has 2 rings (SSSR count). The highest BCUT2D eigenvalue weighted by molar-refractivity contribution is 6.30. The molecule has 1 aromatic heterocycles. The van der Waals surface area contributed by atoms with Gasteiger partial charge in [0, 0.05) is 5.56 Å². The molecule has 0 unspecified atom stereocenters. The SMILES string of the molecule is COc1ccccc1NC(=O)c1cc(N)nc(Cl)c1. The average molecular weight is 278 g/mol. The highest BCUT2D eigenvalue weighted by Crippen LogP contribution is 2.24. The summed E-state index contributed by atoms with van der Waals surface area (Å²) in [5.41, 5.74) is 6.45. The summed E-state index contributed by atoms with van der Waals surface area (Å²) in [6, 6.07) is 10.0. The van der Waals surface area contributed by atoms with E-state index in [9.17, 15) is 4.79 Å². The van der Waals surface area contributed by atoms with Crippen LogP contribution in [0.5, 0.6) is 5.75 Å². The Hall–Kier alpha value is -2.27. The number of pyridine rings is 1. The molecule has 0 saturated heterocycles. The van der Waals surface area contributed by atoms with E-state index in [2.05, 4.69) is 10.3 Å². The maximum absolute atomic E-state index is 12.1. The van der Waals surface area contributed by atoms with Crippen LogP contribution in [-0.4, -0.2) is 18.0 Å². The summed E-state index contributed by atoms with van der Waals surface area (Å²) in [7, 11) is 1.53. The number of benzene rings is 1. The molecule has 6 heteroatoms. The quantitative estimate of drug-likeness (QED) is 0.846. The predicted octanol–water partition coefficient (Wildman–Crippen LogP) is 2.58. The van der Waals surface area contributed by atoms with Crippen molar-refractivity contribution in [2.45, 2.75) is 0 Å². The zero-order chi connectivity index (χ0) is 13.8. The first-order valence-electron chi connectivity index (χ1n) is 5.47. The predicted molar refractivity (Wildman–Crippen MR) is 74.6 cm³/mol. The number of carbonyl (C=O) groups is 1. The van der Waals surface area contributed by atoms with E-state index in [-0.39, 0.29) is 16.9 Å². The molecule has 5 nitrogen and oxygen atoms in total. The minimum atomic E-state index is -0.333. The summed E-state index contributed by atoms with van der Waals surface area (Å²) < 4.78 is 5.15. The lowest BCUT2D eigenvalue weighted by Crippen LogP contribution is -2.13. The molecular weight excluding hydrogens is 266 g/mol. The Morgan fingerprint density at radius 1 is 1.37 bits per heavy atom. The molecule has 0 aliphatic heterocycles. The van der Waals surface area contributed by atoms with Gasteiger partial charge in [-0.1, -0.05) is 23.7 Å². The van der Waals surface area contributed by atoms with Crippen molar-refractivity contribution < 1.29 is 9.53 Å². The Bertz CT molecular complexity index is 596. The van der Waals surface area contributed by atoms with Gasteiger partial charge in [-0.05, 0) is 24.3 Å². The van der Waals surface area contributed by atoms with Gasteiger partial charge in [-0.2, -0.15) is 0 Å². The molecule has 0 aliphatic rings. The number of nitrogens with zero attached hydrogens (tertiary/aromatic N) is 1. The molecule has 1 amide bonds. The van der Waals surface area contributed by atoms with Crippen molar-refractivity contribution in [1.82, 2.24) is 4.98 Å². The van der Waals surface area contributed by atoms with Crippen LogP contribution in [-0.2, 0) is 0 Å². The highest BCUT2D eigenvalue weighted by atomic mass is 35.5. The fraction of sp³-hybridized carbons (Fsp3) is 0.0769. The summed E-state index contributed by atoms with van der Waals surface area (Å²) >= 11 is 5.76. The van der Waals surface area contributed by atoms with Crippen LogP contribution in [0.2, 0.25) is 5.15 Å². The van der Waals surface area contributed by atoms with Crippen molar-refractivity contribution in [2.24, 2.45) is 0 Å². The topological polar surface area (TPSA) is 77.2 Å². The van der Waals surface area contributed by atoms with Crippen LogP contribution >= 0.6 is 11.6 Å². The minimum absolute atomic E-state index is 0.171. The van der Waals surface area contributed by atoms with Crippen LogP contribution in [0.25, 0.3) is 0 Å². The lowest BCUT2D eigenvalue weighted by Gasteiger charge is -2.10. The smallest absolute Gasteiger partial charge is 0.256 e. The fourth-order valence-electron chi connectivity index (χ4n) is 1.59. The molecule has 0 bridgehead atoms. The van der Waals surface area contributed by atoms with Gasteiger partial charge in [-0.25, -0.2) is 4.98 Å². The summed E-state index contributed by atoms with van der Waals surface area (Å²) in [6.45, 7) is 0. The molecule has 0 saturated carbocycles. The Balaban J connectivity index is 2.25. The number of nitrogen functional groups attached to an aromatic ring is 1. The van der Waals surface area contributed by atoms with Crippen LogP contribution in [0.15, 0.2) is 36.4 Å². The molecule has 0 spiro atoms. The number of rotatable bonds is 3.